The van der Waals surface area contributed by atoms with Gasteiger partial charge in [0.05, 0.1) is 12.2 Å². The first kappa shape index (κ1) is 14.7. The third-order valence-corrected chi connectivity index (χ3v) is 4.50. The molecular formula is C15H23NO2S. The average molecular weight is 281 g/mol. The summed E-state index contributed by atoms with van der Waals surface area (Å²) in [6.45, 7) is 4.34. The van der Waals surface area contributed by atoms with E-state index in [0.717, 1.165) is 43.2 Å². The lowest BCUT2D eigenvalue weighted by atomic mass is 10.0. The normalized spacial score (nSPS) is 22.6. The summed E-state index contributed by atoms with van der Waals surface area (Å²) in [5.74, 6) is 2.85. The highest BCUT2D eigenvalue weighted by Gasteiger charge is 2.30. The number of ether oxygens (including phenoxy) is 1. The summed E-state index contributed by atoms with van der Waals surface area (Å²) < 4.78 is 5.55. The van der Waals surface area contributed by atoms with E-state index in [1.54, 1.807) is 0 Å². The fraction of sp³-hybridized carbons (Fsp3) is 0.600. The maximum atomic E-state index is 10.2. The lowest BCUT2D eigenvalue weighted by Crippen LogP contribution is -2.40. The van der Waals surface area contributed by atoms with Crippen LogP contribution in [0.5, 0.6) is 5.75 Å². The van der Waals surface area contributed by atoms with E-state index in [9.17, 15) is 5.11 Å². The van der Waals surface area contributed by atoms with E-state index >= 15 is 0 Å². The molecule has 4 heteroatoms. The largest absolute Gasteiger partial charge is 0.494 e. The molecule has 0 bridgehead atoms. The Morgan fingerprint density at radius 2 is 2.16 bits per heavy atom. The molecule has 0 aromatic heterocycles. The van der Waals surface area contributed by atoms with Gasteiger partial charge in [-0.2, -0.15) is 11.8 Å². The minimum absolute atomic E-state index is 0.505. The maximum absolute atomic E-state index is 10.2. The van der Waals surface area contributed by atoms with Crippen LogP contribution in [0.3, 0.4) is 0 Å². The summed E-state index contributed by atoms with van der Waals surface area (Å²) in [5.41, 5.74) is 0.715. The van der Waals surface area contributed by atoms with Gasteiger partial charge in [0.1, 0.15) is 5.75 Å². The Hall–Kier alpha value is -0.710. The molecule has 1 aliphatic rings. The van der Waals surface area contributed by atoms with Gasteiger partial charge in [0.25, 0.3) is 0 Å². The number of aliphatic hydroxyl groups is 1. The quantitative estimate of drug-likeness (QED) is 0.805. The van der Waals surface area contributed by atoms with Gasteiger partial charge < -0.3 is 15.2 Å². The molecule has 0 amide bonds. The molecule has 1 aliphatic heterocycles. The number of nitrogens with one attached hydrogen (secondary N) is 1. The van der Waals surface area contributed by atoms with Crippen LogP contribution in [0.15, 0.2) is 24.3 Å². The van der Waals surface area contributed by atoms with Gasteiger partial charge in [-0.05, 0) is 36.3 Å². The van der Waals surface area contributed by atoms with Crippen molar-refractivity contribution in [2.75, 3.05) is 24.7 Å². The highest BCUT2D eigenvalue weighted by Crippen LogP contribution is 2.27. The molecule has 1 aromatic carbocycles. The Morgan fingerprint density at radius 3 is 2.79 bits per heavy atom. The van der Waals surface area contributed by atoms with Gasteiger partial charge in [0, 0.05) is 18.8 Å². The highest BCUT2D eigenvalue weighted by atomic mass is 32.2. The fourth-order valence-electron chi connectivity index (χ4n) is 2.10. The van der Waals surface area contributed by atoms with E-state index in [2.05, 4.69) is 24.4 Å². The van der Waals surface area contributed by atoms with Gasteiger partial charge in [-0.25, -0.2) is 0 Å². The second-order valence-electron chi connectivity index (χ2n) is 5.12. The van der Waals surface area contributed by atoms with Crippen molar-refractivity contribution in [2.24, 2.45) is 0 Å². The van der Waals surface area contributed by atoms with Crippen LogP contribution >= 0.6 is 11.8 Å². The van der Waals surface area contributed by atoms with Gasteiger partial charge >= 0.3 is 0 Å². The van der Waals surface area contributed by atoms with E-state index in [1.807, 2.05) is 23.9 Å². The fourth-order valence-corrected chi connectivity index (χ4v) is 3.39. The van der Waals surface area contributed by atoms with E-state index in [1.165, 1.54) is 5.56 Å². The third-order valence-electron chi connectivity index (χ3n) is 3.26. The SMILES string of the molecule is CCCOc1ccc(CNCC2(O)CCSC2)cc1. The van der Waals surface area contributed by atoms with E-state index in [0.29, 0.717) is 6.54 Å². The van der Waals surface area contributed by atoms with Crippen LogP contribution in [-0.2, 0) is 6.54 Å². The molecule has 0 spiro atoms. The first-order chi connectivity index (χ1) is 9.22. The highest BCUT2D eigenvalue weighted by molar-refractivity contribution is 7.99. The van der Waals surface area contributed by atoms with Crippen molar-refractivity contribution in [2.45, 2.75) is 31.9 Å². The number of hydrogen-bond donors (Lipinski definition) is 2. The van der Waals surface area contributed by atoms with Gasteiger partial charge in [-0.3, -0.25) is 0 Å². The van der Waals surface area contributed by atoms with Gasteiger partial charge in [0.15, 0.2) is 0 Å². The van der Waals surface area contributed by atoms with Crippen molar-refractivity contribution in [3.05, 3.63) is 29.8 Å². The zero-order chi connectivity index (χ0) is 13.6. The van der Waals surface area contributed by atoms with E-state index in [4.69, 9.17) is 4.74 Å². The van der Waals surface area contributed by atoms with Gasteiger partial charge in [-0.1, -0.05) is 19.1 Å². The molecule has 2 N–H and O–H groups in total. The van der Waals surface area contributed by atoms with Crippen LogP contribution < -0.4 is 10.1 Å². The molecular weight excluding hydrogens is 258 g/mol. The van der Waals surface area contributed by atoms with E-state index < -0.39 is 5.60 Å². The Kier molecular flexibility index (Phi) is 5.55. The lowest BCUT2D eigenvalue weighted by molar-refractivity contribution is 0.0674. The Balaban J connectivity index is 1.73. The molecule has 19 heavy (non-hydrogen) atoms. The summed E-state index contributed by atoms with van der Waals surface area (Å²) in [6.07, 6.45) is 1.92. The van der Waals surface area contributed by atoms with Crippen molar-refractivity contribution in [1.82, 2.24) is 5.32 Å². The molecule has 1 fully saturated rings. The van der Waals surface area contributed by atoms with Crippen molar-refractivity contribution >= 4 is 11.8 Å². The molecule has 0 radical (unpaired) electrons. The Bertz CT molecular complexity index is 374. The molecule has 3 nitrogen and oxygen atoms in total. The zero-order valence-electron chi connectivity index (χ0n) is 11.5. The topological polar surface area (TPSA) is 41.5 Å². The second kappa shape index (κ2) is 7.17. The standard InChI is InChI=1S/C15H23NO2S/c1-2-8-18-14-5-3-13(4-6-14)10-16-11-15(17)7-9-19-12-15/h3-6,16-17H,2,7-12H2,1H3. The number of thioether (sulfide) groups is 1. The molecule has 1 unspecified atom stereocenters. The number of rotatable bonds is 7. The molecule has 1 atom stereocenters. The van der Waals surface area contributed by atoms with Crippen molar-refractivity contribution < 1.29 is 9.84 Å². The second-order valence-corrected chi connectivity index (χ2v) is 6.23. The predicted molar refractivity (Wildman–Crippen MR) is 80.8 cm³/mol. The number of benzene rings is 1. The molecule has 106 valence electrons. The predicted octanol–water partition coefficient (Wildman–Crippen LogP) is 2.43. The molecule has 2 rings (SSSR count). The Morgan fingerprint density at radius 1 is 1.37 bits per heavy atom. The lowest BCUT2D eigenvalue weighted by Gasteiger charge is -2.21. The van der Waals surface area contributed by atoms with Gasteiger partial charge in [-0.15, -0.1) is 0 Å². The molecule has 0 saturated carbocycles. The van der Waals surface area contributed by atoms with E-state index in [-0.39, 0.29) is 0 Å². The maximum Gasteiger partial charge on any atom is 0.119 e. The summed E-state index contributed by atoms with van der Waals surface area (Å²) in [5, 5.41) is 13.5. The van der Waals surface area contributed by atoms with Crippen LogP contribution in [0, 0.1) is 0 Å². The van der Waals surface area contributed by atoms with Crippen molar-refractivity contribution in [3.8, 4) is 5.75 Å². The van der Waals surface area contributed by atoms with Crippen LogP contribution in [0.2, 0.25) is 0 Å². The third kappa shape index (κ3) is 4.71. The molecule has 0 aliphatic carbocycles. The smallest absolute Gasteiger partial charge is 0.119 e. The van der Waals surface area contributed by atoms with Crippen LogP contribution in [-0.4, -0.2) is 35.4 Å². The van der Waals surface area contributed by atoms with Gasteiger partial charge in [0.2, 0.25) is 0 Å². The first-order valence-electron chi connectivity index (χ1n) is 6.94. The molecule has 1 heterocycles. The summed E-state index contributed by atoms with van der Waals surface area (Å²) in [4.78, 5) is 0. The van der Waals surface area contributed by atoms with Crippen LogP contribution in [0.25, 0.3) is 0 Å². The van der Waals surface area contributed by atoms with Crippen molar-refractivity contribution in [3.63, 3.8) is 0 Å². The summed E-state index contributed by atoms with van der Waals surface area (Å²) in [6, 6.07) is 8.16. The van der Waals surface area contributed by atoms with Crippen LogP contribution in [0.4, 0.5) is 0 Å². The average Bonchev–Trinajstić information content (AvgIpc) is 2.85. The molecule has 1 aromatic rings. The summed E-state index contributed by atoms with van der Waals surface area (Å²) >= 11 is 1.83. The first-order valence-corrected chi connectivity index (χ1v) is 8.10. The minimum Gasteiger partial charge on any atom is -0.494 e. The Labute approximate surface area is 119 Å². The monoisotopic (exact) mass is 281 g/mol. The summed E-state index contributed by atoms with van der Waals surface area (Å²) in [7, 11) is 0. The minimum atomic E-state index is -0.505. The number of hydrogen-bond acceptors (Lipinski definition) is 4. The zero-order valence-corrected chi connectivity index (χ0v) is 12.3. The van der Waals surface area contributed by atoms with Crippen LogP contribution in [0.1, 0.15) is 25.3 Å². The van der Waals surface area contributed by atoms with Crippen molar-refractivity contribution in [1.29, 1.82) is 0 Å². The molecule has 1 saturated heterocycles.